The van der Waals surface area contributed by atoms with E-state index < -0.39 is 11.9 Å². The third kappa shape index (κ3) is 5.47. The van der Waals surface area contributed by atoms with Crippen LogP contribution in [0.15, 0.2) is 48.5 Å². The average Bonchev–Trinajstić information content (AvgIpc) is 2.53. The Morgan fingerprint density at radius 1 is 1.09 bits per heavy atom. The molecule has 0 atom stereocenters. The van der Waals surface area contributed by atoms with E-state index >= 15 is 0 Å². The summed E-state index contributed by atoms with van der Waals surface area (Å²) < 4.78 is 10.1. The van der Waals surface area contributed by atoms with Gasteiger partial charge < -0.3 is 14.8 Å². The second-order valence-corrected chi connectivity index (χ2v) is 5.11. The number of nitrogens with one attached hydrogen (secondary N) is 1. The zero-order valence-corrected chi connectivity index (χ0v) is 13.2. The molecule has 0 aliphatic rings. The van der Waals surface area contributed by atoms with Crippen LogP contribution in [0.3, 0.4) is 0 Å². The second-order valence-electron chi connectivity index (χ2n) is 5.11. The molecule has 120 valence electrons. The van der Waals surface area contributed by atoms with Crippen LogP contribution in [0.2, 0.25) is 0 Å². The average molecular weight is 313 g/mol. The van der Waals surface area contributed by atoms with E-state index in [1.54, 1.807) is 31.4 Å². The van der Waals surface area contributed by atoms with Gasteiger partial charge in [-0.15, -0.1) is 0 Å². The third-order valence-corrected chi connectivity index (χ3v) is 3.15. The zero-order valence-electron chi connectivity index (χ0n) is 13.2. The number of methoxy groups -OCH3 is 1. The Hall–Kier alpha value is -2.82. The first kappa shape index (κ1) is 16.5. The molecule has 0 aliphatic heterocycles. The molecule has 0 radical (unpaired) electrons. The van der Waals surface area contributed by atoms with E-state index in [1.807, 2.05) is 31.2 Å². The van der Waals surface area contributed by atoms with Crippen molar-refractivity contribution in [2.45, 2.75) is 13.3 Å². The van der Waals surface area contributed by atoms with E-state index in [1.165, 1.54) is 0 Å². The van der Waals surface area contributed by atoms with E-state index in [0.717, 1.165) is 11.1 Å². The maximum Gasteiger partial charge on any atom is 0.310 e. The molecule has 0 saturated heterocycles. The molecule has 0 aliphatic carbocycles. The molecule has 23 heavy (non-hydrogen) atoms. The first-order valence-corrected chi connectivity index (χ1v) is 7.22. The van der Waals surface area contributed by atoms with Crippen molar-refractivity contribution < 1.29 is 19.1 Å². The van der Waals surface area contributed by atoms with Crippen LogP contribution in [0.4, 0.5) is 5.69 Å². The number of anilines is 1. The summed E-state index contributed by atoms with van der Waals surface area (Å²) in [6.45, 7) is 1.64. The quantitative estimate of drug-likeness (QED) is 0.833. The van der Waals surface area contributed by atoms with Crippen LogP contribution in [0.25, 0.3) is 0 Å². The lowest BCUT2D eigenvalue weighted by Gasteiger charge is -2.08. The summed E-state index contributed by atoms with van der Waals surface area (Å²) in [6.07, 6.45) is 0.147. The van der Waals surface area contributed by atoms with E-state index in [9.17, 15) is 9.59 Å². The van der Waals surface area contributed by atoms with Crippen LogP contribution < -0.4 is 10.1 Å². The second kappa shape index (κ2) is 7.98. The standard InChI is InChI=1S/C18H19NO4/c1-13-5-3-6-14(9-13)10-18(21)23-12-17(20)19-15-7-4-8-16(11-15)22-2/h3-9,11H,10,12H2,1-2H3,(H,19,20). The highest BCUT2D eigenvalue weighted by atomic mass is 16.5. The molecule has 0 spiro atoms. The maximum atomic E-state index is 11.8. The molecule has 2 aromatic rings. The summed E-state index contributed by atoms with van der Waals surface area (Å²) in [5, 5.41) is 2.65. The molecule has 5 heteroatoms. The van der Waals surface area contributed by atoms with Gasteiger partial charge in [0, 0.05) is 11.8 Å². The largest absolute Gasteiger partial charge is 0.497 e. The molecule has 0 fully saturated rings. The van der Waals surface area contributed by atoms with Crippen molar-refractivity contribution in [1.82, 2.24) is 0 Å². The Morgan fingerprint density at radius 2 is 1.87 bits per heavy atom. The fraction of sp³-hybridized carbons (Fsp3) is 0.222. The SMILES string of the molecule is COc1cccc(NC(=O)COC(=O)Cc2cccc(C)c2)c1. The molecular weight excluding hydrogens is 294 g/mol. The molecule has 2 aromatic carbocycles. The van der Waals surface area contributed by atoms with Gasteiger partial charge in [-0.3, -0.25) is 9.59 Å². The normalized spacial score (nSPS) is 10.0. The third-order valence-electron chi connectivity index (χ3n) is 3.15. The minimum atomic E-state index is -0.434. The van der Waals surface area contributed by atoms with Gasteiger partial charge in [0.1, 0.15) is 5.75 Å². The van der Waals surface area contributed by atoms with E-state index in [2.05, 4.69) is 5.32 Å². The molecule has 0 saturated carbocycles. The smallest absolute Gasteiger partial charge is 0.310 e. The first-order valence-electron chi connectivity index (χ1n) is 7.22. The summed E-state index contributed by atoms with van der Waals surface area (Å²) >= 11 is 0. The van der Waals surface area contributed by atoms with Gasteiger partial charge in [0.2, 0.25) is 0 Å². The van der Waals surface area contributed by atoms with Gasteiger partial charge >= 0.3 is 5.97 Å². The minimum absolute atomic E-state index is 0.147. The highest BCUT2D eigenvalue weighted by Crippen LogP contribution is 2.16. The predicted molar refractivity (Wildman–Crippen MR) is 87.5 cm³/mol. The number of hydrogen-bond donors (Lipinski definition) is 1. The lowest BCUT2D eigenvalue weighted by molar-refractivity contribution is -0.146. The van der Waals surface area contributed by atoms with Crippen LogP contribution in [0.5, 0.6) is 5.75 Å². The van der Waals surface area contributed by atoms with Crippen molar-refractivity contribution in [1.29, 1.82) is 0 Å². The number of aryl methyl sites for hydroxylation is 1. The summed E-state index contributed by atoms with van der Waals surface area (Å²) in [5.41, 5.74) is 2.53. The Morgan fingerprint density at radius 3 is 2.61 bits per heavy atom. The molecule has 0 bridgehead atoms. The fourth-order valence-corrected chi connectivity index (χ4v) is 2.08. The number of esters is 1. The lowest BCUT2D eigenvalue weighted by Crippen LogP contribution is -2.21. The summed E-state index contributed by atoms with van der Waals surface area (Å²) in [4.78, 5) is 23.6. The summed E-state index contributed by atoms with van der Waals surface area (Å²) in [7, 11) is 1.55. The Labute approximate surface area is 135 Å². The first-order chi connectivity index (χ1) is 11.1. The molecule has 1 amide bonds. The number of hydrogen-bond acceptors (Lipinski definition) is 4. The van der Waals surface area contributed by atoms with Crippen molar-refractivity contribution in [2.75, 3.05) is 19.0 Å². The van der Waals surface area contributed by atoms with Gasteiger partial charge in [-0.1, -0.05) is 35.9 Å². The van der Waals surface area contributed by atoms with Crippen molar-refractivity contribution in [3.05, 3.63) is 59.7 Å². The highest BCUT2D eigenvalue weighted by Gasteiger charge is 2.09. The number of rotatable bonds is 6. The van der Waals surface area contributed by atoms with Crippen LogP contribution >= 0.6 is 0 Å². The molecule has 1 N–H and O–H groups in total. The number of benzene rings is 2. The summed E-state index contributed by atoms with van der Waals surface area (Å²) in [5.74, 6) is -0.188. The molecule has 0 aromatic heterocycles. The topological polar surface area (TPSA) is 64.6 Å². The van der Waals surface area contributed by atoms with Gasteiger partial charge in [0.25, 0.3) is 5.91 Å². The van der Waals surface area contributed by atoms with Crippen LogP contribution in [-0.2, 0) is 20.7 Å². The summed E-state index contributed by atoms with van der Waals surface area (Å²) in [6, 6.07) is 14.6. The predicted octanol–water partition coefficient (Wildman–Crippen LogP) is 2.73. The van der Waals surface area contributed by atoms with Gasteiger partial charge in [0.15, 0.2) is 6.61 Å². The van der Waals surface area contributed by atoms with Crippen molar-refractivity contribution in [2.24, 2.45) is 0 Å². The molecule has 0 heterocycles. The van der Waals surface area contributed by atoms with Gasteiger partial charge in [-0.25, -0.2) is 0 Å². The number of amides is 1. The van der Waals surface area contributed by atoms with Crippen molar-refractivity contribution >= 4 is 17.6 Å². The molecular formula is C18H19NO4. The van der Waals surface area contributed by atoms with Crippen LogP contribution in [-0.4, -0.2) is 25.6 Å². The maximum absolute atomic E-state index is 11.8. The van der Waals surface area contributed by atoms with Gasteiger partial charge in [-0.2, -0.15) is 0 Å². The van der Waals surface area contributed by atoms with Crippen molar-refractivity contribution in [3.8, 4) is 5.75 Å². The Bertz CT molecular complexity index is 697. The highest BCUT2D eigenvalue weighted by molar-refractivity contribution is 5.93. The molecule has 0 unspecified atom stereocenters. The monoisotopic (exact) mass is 313 g/mol. The van der Waals surface area contributed by atoms with Gasteiger partial charge in [-0.05, 0) is 24.6 Å². The van der Waals surface area contributed by atoms with Crippen LogP contribution in [0, 0.1) is 6.92 Å². The number of ether oxygens (including phenoxy) is 2. The van der Waals surface area contributed by atoms with E-state index in [0.29, 0.717) is 11.4 Å². The molecule has 5 nitrogen and oxygen atoms in total. The fourth-order valence-electron chi connectivity index (χ4n) is 2.08. The number of carbonyl (C=O) groups excluding carboxylic acids is 2. The molecule has 2 rings (SSSR count). The van der Waals surface area contributed by atoms with Gasteiger partial charge in [0.05, 0.1) is 13.5 Å². The minimum Gasteiger partial charge on any atom is -0.497 e. The van der Waals surface area contributed by atoms with E-state index in [-0.39, 0.29) is 13.0 Å². The lowest BCUT2D eigenvalue weighted by atomic mass is 10.1. The van der Waals surface area contributed by atoms with Crippen molar-refractivity contribution in [3.63, 3.8) is 0 Å². The van der Waals surface area contributed by atoms with E-state index in [4.69, 9.17) is 9.47 Å². The Balaban J connectivity index is 1.80. The van der Waals surface area contributed by atoms with Crippen LogP contribution in [0.1, 0.15) is 11.1 Å². The number of carbonyl (C=O) groups is 2. The zero-order chi connectivity index (χ0) is 16.7. The Kier molecular flexibility index (Phi) is 5.74.